The summed E-state index contributed by atoms with van der Waals surface area (Å²) in [7, 11) is 3.97. The minimum absolute atomic E-state index is 0.294. The van der Waals surface area contributed by atoms with Crippen LogP contribution in [0.5, 0.6) is 0 Å². The highest BCUT2D eigenvalue weighted by Gasteiger charge is 2.37. The highest BCUT2D eigenvalue weighted by Crippen LogP contribution is 2.16. The molecule has 0 aliphatic rings. The summed E-state index contributed by atoms with van der Waals surface area (Å²) >= 11 is 0. The summed E-state index contributed by atoms with van der Waals surface area (Å²) in [5.41, 5.74) is -1.16. The standard InChI is InChI=1S/C14H29N3O3/c1-6-14(7-2,12(18)19)15-13(20)17(8-3)11-9-10-16(4)5/h6-11H2,1-5H3,(H,15,20)(H,18,19). The Morgan fingerprint density at radius 1 is 1.10 bits per heavy atom. The first kappa shape index (κ1) is 18.7. The highest BCUT2D eigenvalue weighted by molar-refractivity contribution is 5.86. The normalized spacial score (nSPS) is 11.5. The number of rotatable bonds is 9. The largest absolute Gasteiger partial charge is 0.480 e. The van der Waals surface area contributed by atoms with E-state index >= 15 is 0 Å². The van der Waals surface area contributed by atoms with Crippen LogP contribution in [-0.4, -0.2) is 66.2 Å². The van der Waals surface area contributed by atoms with Gasteiger partial charge in [-0.15, -0.1) is 0 Å². The molecule has 0 saturated heterocycles. The van der Waals surface area contributed by atoms with E-state index in [-0.39, 0.29) is 6.03 Å². The summed E-state index contributed by atoms with van der Waals surface area (Å²) in [4.78, 5) is 27.3. The fraction of sp³-hybridized carbons (Fsp3) is 0.857. The summed E-state index contributed by atoms with van der Waals surface area (Å²) in [5, 5.41) is 12.0. The number of carbonyl (C=O) groups is 2. The molecule has 0 bridgehead atoms. The molecule has 0 radical (unpaired) electrons. The van der Waals surface area contributed by atoms with Crippen LogP contribution in [0.3, 0.4) is 0 Å². The second kappa shape index (κ2) is 8.79. The maximum absolute atomic E-state index is 12.2. The SMILES string of the molecule is CCN(CCCN(C)C)C(=O)NC(CC)(CC)C(=O)O. The Bertz CT molecular complexity index is 315. The van der Waals surface area contributed by atoms with E-state index < -0.39 is 11.5 Å². The van der Waals surface area contributed by atoms with Gasteiger partial charge in [-0.2, -0.15) is 0 Å². The molecule has 0 saturated carbocycles. The lowest BCUT2D eigenvalue weighted by Crippen LogP contribution is -2.57. The Morgan fingerprint density at radius 2 is 1.65 bits per heavy atom. The second-order valence-electron chi connectivity index (χ2n) is 5.26. The van der Waals surface area contributed by atoms with Gasteiger partial charge in [-0.25, -0.2) is 9.59 Å². The number of urea groups is 1. The van der Waals surface area contributed by atoms with Crippen LogP contribution in [0, 0.1) is 0 Å². The van der Waals surface area contributed by atoms with E-state index in [1.54, 1.807) is 18.7 Å². The maximum atomic E-state index is 12.2. The van der Waals surface area contributed by atoms with Crippen molar-refractivity contribution in [3.63, 3.8) is 0 Å². The van der Waals surface area contributed by atoms with Crippen molar-refractivity contribution in [3.8, 4) is 0 Å². The van der Waals surface area contributed by atoms with Gasteiger partial charge in [0.25, 0.3) is 0 Å². The number of carboxylic acids is 1. The van der Waals surface area contributed by atoms with Crippen LogP contribution in [0.4, 0.5) is 4.79 Å². The van der Waals surface area contributed by atoms with E-state index in [1.807, 2.05) is 21.0 Å². The van der Waals surface area contributed by atoms with E-state index in [2.05, 4.69) is 10.2 Å². The van der Waals surface area contributed by atoms with E-state index in [9.17, 15) is 14.7 Å². The van der Waals surface area contributed by atoms with Gasteiger partial charge >= 0.3 is 12.0 Å². The Kier molecular flexibility index (Phi) is 8.22. The first-order valence-corrected chi connectivity index (χ1v) is 7.28. The predicted molar refractivity (Wildman–Crippen MR) is 79.9 cm³/mol. The van der Waals surface area contributed by atoms with Crippen molar-refractivity contribution < 1.29 is 14.7 Å². The number of carboxylic acid groups (broad SMARTS) is 1. The van der Waals surface area contributed by atoms with E-state index in [4.69, 9.17) is 0 Å². The third-order valence-electron chi connectivity index (χ3n) is 3.66. The molecule has 0 aromatic carbocycles. The van der Waals surface area contributed by atoms with Gasteiger partial charge in [0.1, 0.15) is 5.54 Å². The van der Waals surface area contributed by atoms with Crippen molar-refractivity contribution in [1.29, 1.82) is 0 Å². The van der Waals surface area contributed by atoms with Crippen molar-refractivity contribution in [2.45, 2.75) is 45.6 Å². The lowest BCUT2D eigenvalue weighted by atomic mass is 9.93. The van der Waals surface area contributed by atoms with E-state index in [0.717, 1.165) is 13.0 Å². The molecule has 0 aliphatic heterocycles. The van der Waals surface area contributed by atoms with Crippen molar-refractivity contribution in [2.75, 3.05) is 33.7 Å². The molecule has 0 aromatic rings. The molecule has 2 N–H and O–H groups in total. The number of hydrogen-bond acceptors (Lipinski definition) is 3. The maximum Gasteiger partial charge on any atom is 0.329 e. The molecule has 0 unspecified atom stereocenters. The Morgan fingerprint density at radius 3 is 2.00 bits per heavy atom. The zero-order valence-electron chi connectivity index (χ0n) is 13.4. The van der Waals surface area contributed by atoms with Gasteiger partial charge in [0.2, 0.25) is 0 Å². The molecule has 0 fully saturated rings. The number of nitrogens with zero attached hydrogens (tertiary/aromatic N) is 2. The van der Waals surface area contributed by atoms with Crippen molar-refractivity contribution in [3.05, 3.63) is 0 Å². The Balaban J connectivity index is 4.63. The van der Waals surface area contributed by atoms with Gasteiger partial charge < -0.3 is 20.2 Å². The first-order valence-electron chi connectivity index (χ1n) is 7.28. The third-order valence-corrected chi connectivity index (χ3v) is 3.66. The first-order chi connectivity index (χ1) is 9.32. The smallest absolute Gasteiger partial charge is 0.329 e. The van der Waals surface area contributed by atoms with Gasteiger partial charge in [0.05, 0.1) is 0 Å². The molecule has 0 atom stereocenters. The summed E-state index contributed by atoms with van der Waals surface area (Å²) in [5.74, 6) is -0.972. The summed E-state index contributed by atoms with van der Waals surface area (Å²) in [6.45, 7) is 7.55. The molecule has 0 rings (SSSR count). The number of carbonyl (C=O) groups excluding carboxylic acids is 1. The molecule has 0 aromatic heterocycles. The third kappa shape index (κ3) is 5.36. The van der Waals surface area contributed by atoms with Gasteiger partial charge in [0.15, 0.2) is 0 Å². The Hall–Kier alpha value is -1.30. The Labute approximate surface area is 122 Å². The van der Waals surface area contributed by atoms with Crippen LogP contribution in [0.15, 0.2) is 0 Å². The van der Waals surface area contributed by atoms with Crippen molar-refractivity contribution in [1.82, 2.24) is 15.1 Å². The van der Waals surface area contributed by atoms with E-state index in [1.165, 1.54) is 0 Å². The number of nitrogens with one attached hydrogen (secondary N) is 1. The fourth-order valence-corrected chi connectivity index (χ4v) is 2.05. The van der Waals surface area contributed by atoms with Crippen LogP contribution >= 0.6 is 0 Å². The van der Waals surface area contributed by atoms with Gasteiger partial charge in [-0.3, -0.25) is 0 Å². The van der Waals surface area contributed by atoms with E-state index in [0.29, 0.717) is 25.9 Å². The summed E-state index contributed by atoms with van der Waals surface area (Å²) < 4.78 is 0. The van der Waals surface area contributed by atoms with Crippen LogP contribution in [0.2, 0.25) is 0 Å². The zero-order valence-corrected chi connectivity index (χ0v) is 13.4. The minimum atomic E-state index is -1.16. The minimum Gasteiger partial charge on any atom is -0.480 e. The van der Waals surface area contributed by atoms with Crippen LogP contribution in [0.25, 0.3) is 0 Å². The topological polar surface area (TPSA) is 72.9 Å². The summed E-state index contributed by atoms with van der Waals surface area (Å²) in [6, 6.07) is -0.294. The molecule has 2 amide bonds. The van der Waals surface area contributed by atoms with Crippen molar-refractivity contribution >= 4 is 12.0 Å². The molecule has 0 aliphatic carbocycles. The average molecular weight is 287 g/mol. The molecule has 118 valence electrons. The molecule has 0 spiro atoms. The zero-order chi connectivity index (χ0) is 15.8. The lowest BCUT2D eigenvalue weighted by Gasteiger charge is -2.31. The summed E-state index contributed by atoms with van der Waals surface area (Å²) in [6.07, 6.45) is 1.62. The number of hydrogen-bond donors (Lipinski definition) is 2. The highest BCUT2D eigenvalue weighted by atomic mass is 16.4. The number of aliphatic carboxylic acids is 1. The molecule has 6 heteroatoms. The fourth-order valence-electron chi connectivity index (χ4n) is 2.05. The molecule has 0 heterocycles. The lowest BCUT2D eigenvalue weighted by molar-refractivity contribution is -0.144. The van der Waals surface area contributed by atoms with Gasteiger partial charge in [0, 0.05) is 13.1 Å². The molecule has 6 nitrogen and oxygen atoms in total. The van der Waals surface area contributed by atoms with Crippen LogP contribution in [0.1, 0.15) is 40.0 Å². The van der Waals surface area contributed by atoms with Crippen LogP contribution < -0.4 is 5.32 Å². The second-order valence-corrected chi connectivity index (χ2v) is 5.26. The molecular weight excluding hydrogens is 258 g/mol. The predicted octanol–water partition coefficient (Wildman–Crippen LogP) is 1.61. The van der Waals surface area contributed by atoms with Crippen LogP contribution in [-0.2, 0) is 4.79 Å². The monoisotopic (exact) mass is 287 g/mol. The van der Waals surface area contributed by atoms with Gasteiger partial charge in [-0.05, 0) is 46.8 Å². The molecular formula is C14H29N3O3. The number of amides is 2. The quantitative estimate of drug-likeness (QED) is 0.676. The molecule has 20 heavy (non-hydrogen) atoms. The average Bonchev–Trinajstić information content (AvgIpc) is 2.40. The van der Waals surface area contributed by atoms with Crippen molar-refractivity contribution in [2.24, 2.45) is 0 Å². The van der Waals surface area contributed by atoms with Gasteiger partial charge in [-0.1, -0.05) is 13.8 Å².